The van der Waals surface area contributed by atoms with Crippen LogP contribution in [-0.2, 0) is 0 Å². The number of ether oxygens (including phenoxy) is 2. The van der Waals surface area contributed by atoms with E-state index < -0.39 is 0 Å². The Morgan fingerprint density at radius 1 is 1.31 bits per heavy atom. The van der Waals surface area contributed by atoms with Gasteiger partial charge in [0.15, 0.2) is 17.6 Å². The van der Waals surface area contributed by atoms with Crippen molar-refractivity contribution in [1.82, 2.24) is 4.98 Å². The van der Waals surface area contributed by atoms with Crippen molar-refractivity contribution in [3.63, 3.8) is 0 Å². The summed E-state index contributed by atoms with van der Waals surface area (Å²) >= 11 is 1.61. The Balaban J connectivity index is 1.88. The molecule has 0 bridgehead atoms. The van der Waals surface area contributed by atoms with Gasteiger partial charge in [-0.15, -0.1) is 11.3 Å². The Hall–Kier alpha value is -1.55. The van der Waals surface area contributed by atoms with Gasteiger partial charge in [0.05, 0.1) is 0 Å². The lowest BCUT2D eigenvalue weighted by Crippen LogP contribution is -2.21. The van der Waals surface area contributed by atoms with Crippen molar-refractivity contribution in [2.75, 3.05) is 6.61 Å². The highest BCUT2D eigenvalue weighted by molar-refractivity contribution is 7.09. The molecule has 1 aromatic carbocycles. The highest BCUT2D eigenvalue weighted by Gasteiger charge is 2.24. The average molecular weight is 233 g/mol. The van der Waals surface area contributed by atoms with Gasteiger partial charge < -0.3 is 9.47 Å². The second kappa shape index (κ2) is 3.79. The fraction of sp³-hybridized carbons (Fsp3) is 0.250. The summed E-state index contributed by atoms with van der Waals surface area (Å²) in [4.78, 5) is 4.42. The molecule has 0 radical (unpaired) electrons. The molecule has 0 spiro atoms. The summed E-state index contributed by atoms with van der Waals surface area (Å²) in [5.41, 5.74) is 1.03. The van der Waals surface area contributed by atoms with Crippen LogP contribution in [-0.4, -0.2) is 11.6 Å². The van der Waals surface area contributed by atoms with E-state index in [1.165, 1.54) is 0 Å². The van der Waals surface area contributed by atoms with Crippen molar-refractivity contribution in [1.29, 1.82) is 0 Å². The summed E-state index contributed by atoms with van der Waals surface area (Å²) in [5.74, 6) is 1.61. The zero-order valence-corrected chi connectivity index (χ0v) is 9.66. The maximum atomic E-state index is 5.85. The number of thiazole rings is 1. The van der Waals surface area contributed by atoms with Crippen molar-refractivity contribution in [2.24, 2.45) is 0 Å². The lowest BCUT2D eigenvalue weighted by molar-refractivity contribution is 0.0910. The predicted octanol–water partition coefficient (Wildman–Crippen LogP) is 2.96. The summed E-state index contributed by atoms with van der Waals surface area (Å²) < 4.78 is 11.5. The Kier molecular flexibility index (Phi) is 2.29. The van der Waals surface area contributed by atoms with Gasteiger partial charge in [0.1, 0.15) is 11.6 Å². The molecule has 1 aliphatic heterocycles. The molecule has 0 fully saturated rings. The largest absolute Gasteiger partial charge is 0.485 e. The highest BCUT2D eigenvalue weighted by atomic mass is 32.1. The van der Waals surface area contributed by atoms with Crippen LogP contribution in [0.3, 0.4) is 0 Å². The third-order valence-electron chi connectivity index (χ3n) is 2.42. The molecule has 1 aromatic heterocycles. The number of benzene rings is 1. The Morgan fingerprint density at radius 2 is 2.12 bits per heavy atom. The molecular weight excluding hydrogens is 222 g/mol. The molecule has 4 heteroatoms. The van der Waals surface area contributed by atoms with Gasteiger partial charge >= 0.3 is 0 Å². The average Bonchev–Trinajstić information content (AvgIpc) is 2.75. The Morgan fingerprint density at radius 3 is 2.88 bits per heavy atom. The number of rotatable bonds is 1. The van der Waals surface area contributed by atoms with Crippen molar-refractivity contribution in [2.45, 2.75) is 13.0 Å². The number of fused-ring (bicyclic) bond motifs is 1. The number of nitrogens with zero attached hydrogens (tertiary/aromatic N) is 1. The summed E-state index contributed by atoms with van der Waals surface area (Å²) in [6.45, 7) is 2.52. The second-order valence-electron chi connectivity index (χ2n) is 3.69. The third-order valence-corrected chi connectivity index (χ3v) is 3.48. The van der Waals surface area contributed by atoms with E-state index in [0.717, 1.165) is 22.2 Å². The molecule has 1 atom stereocenters. The molecule has 1 unspecified atom stereocenters. The van der Waals surface area contributed by atoms with Crippen LogP contribution in [0.1, 0.15) is 16.8 Å². The highest BCUT2D eigenvalue weighted by Crippen LogP contribution is 2.36. The van der Waals surface area contributed by atoms with E-state index in [2.05, 4.69) is 4.98 Å². The summed E-state index contributed by atoms with van der Waals surface area (Å²) in [7, 11) is 0. The van der Waals surface area contributed by atoms with Gasteiger partial charge in [0.2, 0.25) is 0 Å². The third kappa shape index (κ3) is 1.65. The minimum absolute atomic E-state index is 0.0754. The molecule has 82 valence electrons. The minimum Gasteiger partial charge on any atom is -0.485 e. The van der Waals surface area contributed by atoms with Crippen molar-refractivity contribution in [3.05, 3.63) is 40.3 Å². The molecule has 16 heavy (non-hydrogen) atoms. The maximum absolute atomic E-state index is 5.85. The topological polar surface area (TPSA) is 31.4 Å². The number of hydrogen-bond donors (Lipinski definition) is 0. The minimum atomic E-state index is -0.0754. The summed E-state index contributed by atoms with van der Waals surface area (Å²) in [6.07, 6.45) is -0.0754. The normalized spacial score (nSPS) is 18.4. The molecular formula is C12H11NO2S. The van der Waals surface area contributed by atoms with Crippen molar-refractivity contribution < 1.29 is 9.47 Å². The fourth-order valence-electron chi connectivity index (χ4n) is 1.66. The quantitative estimate of drug-likeness (QED) is 0.758. The number of aromatic nitrogens is 1. The predicted molar refractivity (Wildman–Crippen MR) is 62.2 cm³/mol. The second-order valence-corrected chi connectivity index (χ2v) is 4.58. The van der Waals surface area contributed by atoms with Crippen LogP contribution in [0.4, 0.5) is 0 Å². The van der Waals surface area contributed by atoms with E-state index in [0.29, 0.717) is 6.61 Å². The maximum Gasteiger partial charge on any atom is 0.184 e. The summed E-state index contributed by atoms with van der Waals surface area (Å²) in [5, 5.41) is 3.01. The zero-order valence-electron chi connectivity index (χ0n) is 8.84. The zero-order chi connectivity index (χ0) is 11.0. The van der Waals surface area contributed by atoms with Gasteiger partial charge in [0, 0.05) is 11.1 Å². The van der Waals surface area contributed by atoms with E-state index in [4.69, 9.17) is 9.47 Å². The van der Waals surface area contributed by atoms with Crippen LogP contribution in [0.25, 0.3) is 0 Å². The van der Waals surface area contributed by atoms with E-state index in [1.807, 2.05) is 36.6 Å². The van der Waals surface area contributed by atoms with E-state index in [1.54, 1.807) is 11.3 Å². The molecule has 1 aliphatic rings. The van der Waals surface area contributed by atoms with Gasteiger partial charge in [-0.1, -0.05) is 12.1 Å². The van der Waals surface area contributed by atoms with Crippen LogP contribution in [0.5, 0.6) is 11.5 Å². The van der Waals surface area contributed by atoms with Gasteiger partial charge in [0.25, 0.3) is 0 Å². The Labute approximate surface area is 97.7 Å². The first-order valence-electron chi connectivity index (χ1n) is 5.13. The van der Waals surface area contributed by atoms with Crippen molar-refractivity contribution >= 4 is 11.3 Å². The standard InChI is InChI=1S/C12H11NO2S/c1-8-7-16-12(13-8)11-6-14-9-4-2-3-5-10(9)15-11/h2-5,7,11H,6H2,1H3. The smallest absolute Gasteiger partial charge is 0.184 e. The lowest BCUT2D eigenvalue weighted by atomic mass is 10.2. The number of hydrogen-bond acceptors (Lipinski definition) is 4. The van der Waals surface area contributed by atoms with Crippen LogP contribution in [0, 0.1) is 6.92 Å². The lowest BCUT2D eigenvalue weighted by Gasteiger charge is -2.24. The molecule has 0 saturated heterocycles. The van der Waals surface area contributed by atoms with Gasteiger partial charge in [-0.05, 0) is 19.1 Å². The molecule has 2 aromatic rings. The summed E-state index contributed by atoms with van der Waals surface area (Å²) in [6, 6.07) is 7.72. The SMILES string of the molecule is Cc1csc(C2COc3ccccc3O2)n1. The van der Waals surface area contributed by atoms with E-state index in [-0.39, 0.29) is 6.10 Å². The monoisotopic (exact) mass is 233 g/mol. The van der Waals surface area contributed by atoms with Crippen molar-refractivity contribution in [3.8, 4) is 11.5 Å². The molecule has 0 saturated carbocycles. The van der Waals surface area contributed by atoms with E-state index >= 15 is 0 Å². The van der Waals surface area contributed by atoms with E-state index in [9.17, 15) is 0 Å². The molecule has 3 rings (SSSR count). The molecule has 0 N–H and O–H groups in total. The van der Waals surface area contributed by atoms with Crippen LogP contribution < -0.4 is 9.47 Å². The molecule has 2 heterocycles. The molecule has 3 nitrogen and oxygen atoms in total. The molecule has 0 amide bonds. The Bertz CT molecular complexity index is 509. The first kappa shape index (κ1) is 9.66. The first-order valence-corrected chi connectivity index (χ1v) is 6.01. The van der Waals surface area contributed by atoms with Crippen LogP contribution in [0.2, 0.25) is 0 Å². The van der Waals surface area contributed by atoms with Gasteiger partial charge in [-0.2, -0.15) is 0 Å². The van der Waals surface area contributed by atoms with Crippen LogP contribution >= 0.6 is 11.3 Å². The molecule has 0 aliphatic carbocycles. The number of aryl methyl sites for hydroxylation is 1. The van der Waals surface area contributed by atoms with Gasteiger partial charge in [-0.25, -0.2) is 4.98 Å². The first-order chi connectivity index (χ1) is 7.83. The van der Waals surface area contributed by atoms with Gasteiger partial charge in [-0.3, -0.25) is 0 Å². The fourth-order valence-corrected chi connectivity index (χ4v) is 2.47. The van der Waals surface area contributed by atoms with Crippen LogP contribution in [0.15, 0.2) is 29.6 Å². The number of para-hydroxylation sites is 2.